The topological polar surface area (TPSA) is 30.9 Å². The van der Waals surface area contributed by atoms with E-state index in [1.165, 1.54) is 32.4 Å². The van der Waals surface area contributed by atoms with Crippen molar-refractivity contribution in [3.63, 3.8) is 0 Å². The van der Waals surface area contributed by atoms with E-state index in [4.69, 9.17) is 14.2 Å². The van der Waals surface area contributed by atoms with Crippen LogP contribution in [0, 0.1) is 6.92 Å². The van der Waals surface area contributed by atoms with Crippen molar-refractivity contribution in [3.8, 4) is 17.2 Å². The Balaban J connectivity index is 1.61. The second-order valence-corrected chi connectivity index (χ2v) is 8.61. The number of likely N-dealkylation sites (tertiary alicyclic amines) is 1. The number of hydrogen-bond acceptors (Lipinski definition) is 5. The molecule has 166 valence electrons. The van der Waals surface area contributed by atoms with Crippen LogP contribution in [0.4, 0.5) is 0 Å². The van der Waals surface area contributed by atoms with Crippen molar-refractivity contribution in [2.24, 2.45) is 0 Å². The van der Waals surface area contributed by atoms with Gasteiger partial charge in [0.1, 0.15) is 29.6 Å². The van der Waals surface area contributed by atoms with Gasteiger partial charge in [-0.25, -0.2) is 0 Å². The Kier molecular flexibility index (Phi) is 8.80. The number of allylic oxidation sites excluding steroid dienone is 4. The van der Waals surface area contributed by atoms with Gasteiger partial charge in [0.25, 0.3) is 0 Å². The first kappa shape index (κ1) is 23.2. The molecule has 0 N–H and O–H groups in total. The molecule has 31 heavy (non-hydrogen) atoms. The molecule has 4 nitrogen and oxygen atoms in total. The summed E-state index contributed by atoms with van der Waals surface area (Å²) in [4.78, 5) is 3.59. The molecule has 1 aromatic heterocycles. The molecular weight excluding hydrogens is 406 g/mol. The van der Waals surface area contributed by atoms with E-state index < -0.39 is 0 Å². The number of ether oxygens (including phenoxy) is 3. The lowest BCUT2D eigenvalue weighted by Gasteiger charge is -2.26. The second kappa shape index (κ2) is 11.8. The Morgan fingerprint density at radius 3 is 2.48 bits per heavy atom. The van der Waals surface area contributed by atoms with Crippen molar-refractivity contribution in [1.29, 1.82) is 0 Å². The van der Waals surface area contributed by atoms with E-state index in [2.05, 4.69) is 30.7 Å². The van der Waals surface area contributed by atoms with Crippen LogP contribution in [0.5, 0.6) is 17.2 Å². The Labute approximate surface area is 190 Å². The molecule has 1 fully saturated rings. The molecule has 3 rings (SSSR count). The molecular formula is C26H33NO3S. The van der Waals surface area contributed by atoms with Crippen molar-refractivity contribution >= 4 is 16.9 Å². The zero-order chi connectivity index (χ0) is 22.1. The van der Waals surface area contributed by atoms with Gasteiger partial charge in [-0.3, -0.25) is 4.90 Å². The number of thiophene rings is 1. The Hall–Kier alpha value is -2.50. The summed E-state index contributed by atoms with van der Waals surface area (Å²) in [6.07, 6.45) is 9.61. The van der Waals surface area contributed by atoms with E-state index >= 15 is 0 Å². The lowest BCUT2D eigenvalue weighted by atomic mass is 10.1. The van der Waals surface area contributed by atoms with Crippen molar-refractivity contribution < 1.29 is 14.2 Å². The first-order valence-electron chi connectivity index (χ1n) is 10.9. The van der Waals surface area contributed by atoms with Gasteiger partial charge in [-0.15, -0.1) is 11.3 Å². The smallest absolute Gasteiger partial charge is 0.148 e. The molecule has 0 spiro atoms. The number of piperidine rings is 1. The standard InChI is InChI=1S/C26H33NO3S/c1-5-22(28-4)10-9-20(2)26-25(21(3)19-31-26)30-24-13-11-23(12-14-24)29-18-17-27-15-7-6-8-16-27/h5,9-14,19H,1,6-8,15-18H2,2-4H3/b20-9+,22-10+. The number of rotatable bonds is 10. The summed E-state index contributed by atoms with van der Waals surface area (Å²) in [5.41, 5.74) is 2.23. The van der Waals surface area contributed by atoms with E-state index in [0.717, 1.165) is 52.2 Å². The number of hydrogen-bond donors (Lipinski definition) is 0. The maximum Gasteiger partial charge on any atom is 0.148 e. The van der Waals surface area contributed by atoms with E-state index in [9.17, 15) is 0 Å². The van der Waals surface area contributed by atoms with Crippen LogP contribution in [0.25, 0.3) is 5.57 Å². The second-order valence-electron chi connectivity index (χ2n) is 7.73. The fraction of sp³-hybridized carbons (Fsp3) is 0.385. The van der Waals surface area contributed by atoms with Crippen LogP contribution in [0.1, 0.15) is 36.6 Å². The summed E-state index contributed by atoms with van der Waals surface area (Å²) in [6, 6.07) is 7.90. The number of methoxy groups -OCH3 is 1. The highest BCUT2D eigenvalue weighted by molar-refractivity contribution is 7.11. The minimum absolute atomic E-state index is 0.722. The van der Waals surface area contributed by atoms with E-state index in [0.29, 0.717) is 0 Å². The molecule has 0 amide bonds. The molecule has 1 aromatic carbocycles. The van der Waals surface area contributed by atoms with Gasteiger partial charge in [-0.2, -0.15) is 0 Å². The van der Waals surface area contributed by atoms with Crippen LogP contribution < -0.4 is 9.47 Å². The third kappa shape index (κ3) is 6.74. The molecule has 0 aliphatic carbocycles. The van der Waals surface area contributed by atoms with Gasteiger partial charge < -0.3 is 14.2 Å². The maximum atomic E-state index is 6.25. The number of nitrogens with zero attached hydrogens (tertiary/aromatic N) is 1. The maximum absolute atomic E-state index is 6.25. The first-order chi connectivity index (χ1) is 15.1. The highest BCUT2D eigenvalue weighted by Crippen LogP contribution is 2.38. The van der Waals surface area contributed by atoms with Crippen molar-refractivity contribution in [1.82, 2.24) is 4.90 Å². The predicted molar refractivity (Wildman–Crippen MR) is 130 cm³/mol. The van der Waals surface area contributed by atoms with E-state index in [1.54, 1.807) is 24.5 Å². The van der Waals surface area contributed by atoms with Crippen LogP contribution in [0.3, 0.4) is 0 Å². The fourth-order valence-corrected chi connectivity index (χ4v) is 4.50. The number of benzene rings is 1. The summed E-state index contributed by atoms with van der Waals surface area (Å²) in [5.74, 6) is 3.30. The van der Waals surface area contributed by atoms with Crippen molar-refractivity contribution in [2.45, 2.75) is 33.1 Å². The summed E-state index contributed by atoms with van der Waals surface area (Å²) in [6.45, 7) is 12.0. The summed E-state index contributed by atoms with van der Waals surface area (Å²) >= 11 is 1.68. The lowest BCUT2D eigenvalue weighted by molar-refractivity contribution is 0.183. The lowest BCUT2D eigenvalue weighted by Crippen LogP contribution is -2.33. The molecule has 2 aromatic rings. The van der Waals surface area contributed by atoms with Crippen molar-refractivity contribution in [2.75, 3.05) is 33.4 Å². The zero-order valence-electron chi connectivity index (χ0n) is 18.9. The van der Waals surface area contributed by atoms with Gasteiger partial charge in [-0.1, -0.05) is 19.1 Å². The van der Waals surface area contributed by atoms with Crippen LogP contribution in [-0.2, 0) is 4.74 Å². The normalized spacial score (nSPS) is 15.6. The Morgan fingerprint density at radius 1 is 1.10 bits per heavy atom. The third-order valence-electron chi connectivity index (χ3n) is 5.38. The Bertz CT molecular complexity index is 905. The molecule has 0 saturated carbocycles. The average molecular weight is 440 g/mol. The molecule has 1 aliphatic heterocycles. The molecule has 5 heteroatoms. The fourth-order valence-electron chi connectivity index (χ4n) is 3.53. The molecule has 0 atom stereocenters. The Morgan fingerprint density at radius 2 is 1.81 bits per heavy atom. The summed E-state index contributed by atoms with van der Waals surface area (Å²) in [7, 11) is 1.64. The molecule has 2 heterocycles. The van der Waals surface area contributed by atoms with Gasteiger partial charge in [0.2, 0.25) is 0 Å². The molecule has 1 aliphatic rings. The summed E-state index contributed by atoms with van der Waals surface area (Å²) in [5, 5.41) is 2.12. The van der Waals surface area contributed by atoms with Gasteiger partial charge in [0.05, 0.1) is 12.0 Å². The SMILES string of the molecule is C=C/C(=C\C=C(/C)c1scc(C)c1Oc1ccc(OCCN2CCCCC2)cc1)OC. The predicted octanol–water partition coefficient (Wildman–Crippen LogP) is 6.83. The minimum Gasteiger partial charge on any atom is -0.497 e. The largest absolute Gasteiger partial charge is 0.497 e. The van der Waals surface area contributed by atoms with Crippen molar-refractivity contribution in [3.05, 3.63) is 70.7 Å². The minimum atomic E-state index is 0.722. The van der Waals surface area contributed by atoms with Gasteiger partial charge in [-0.05, 0) is 87.1 Å². The van der Waals surface area contributed by atoms with Gasteiger partial charge in [0, 0.05) is 12.1 Å². The van der Waals surface area contributed by atoms with Crippen LogP contribution in [-0.4, -0.2) is 38.3 Å². The quantitative estimate of drug-likeness (QED) is 0.300. The molecule has 0 bridgehead atoms. The monoisotopic (exact) mass is 439 g/mol. The van der Waals surface area contributed by atoms with E-state index in [-0.39, 0.29) is 0 Å². The average Bonchev–Trinajstić information content (AvgIpc) is 3.16. The first-order valence-corrected chi connectivity index (χ1v) is 11.7. The zero-order valence-corrected chi connectivity index (χ0v) is 19.7. The number of aryl methyl sites for hydroxylation is 1. The highest BCUT2D eigenvalue weighted by Gasteiger charge is 2.13. The molecule has 1 saturated heterocycles. The third-order valence-corrected chi connectivity index (χ3v) is 6.59. The van der Waals surface area contributed by atoms with E-state index in [1.807, 2.05) is 36.4 Å². The van der Waals surface area contributed by atoms with Crippen LogP contribution in [0.2, 0.25) is 0 Å². The highest BCUT2D eigenvalue weighted by atomic mass is 32.1. The summed E-state index contributed by atoms with van der Waals surface area (Å²) < 4.78 is 17.4. The molecule has 0 unspecified atom stereocenters. The van der Waals surface area contributed by atoms with Gasteiger partial charge in [0.15, 0.2) is 0 Å². The molecule has 0 radical (unpaired) electrons. The van der Waals surface area contributed by atoms with Gasteiger partial charge >= 0.3 is 0 Å². The van der Waals surface area contributed by atoms with Crippen LogP contribution >= 0.6 is 11.3 Å². The van der Waals surface area contributed by atoms with Crippen LogP contribution in [0.15, 0.2) is 60.2 Å².